The number of hydrogen-bond acceptors (Lipinski definition) is 6. The van der Waals surface area contributed by atoms with Crippen molar-refractivity contribution in [3.63, 3.8) is 0 Å². The number of carbonyl (C=O) groups is 6. The van der Waals surface area contributed by atoms with Gasteiger partial charge in [0.15, 0.2) is 0 Å². The lowest BCUT2D eigenvalue weighted by molar-refractivity contribution is -0.133. The van der Waals surface area contributed by atoms with Crippen molar-refractivity contribution < 1.29 is 28.8 Å². The van der Waals surface area contributed by atoms with Crippen LogP contribution in [0.4, 0.5) is 0 Å². The Morgan fingerprint density at radius 3 is 0.770 bits per heavy atom. The third kappa shape index (κ3) is 9.97. The van der Waals surface area contributed by atoms with E-state index < -0.39 is 23.7 Å². The smallest absolute Gasteiger partial charge is 0.253 e. The fourth-order valence-corrected chi connectivity index (χ4v) is 11.8. The number of nitrogens with zero attached hydrogens (tertiary/aromatic N) is 2. The molecule has 12 atom stereocenters. The summed E-state index contributed by atoms with van der Waals surface area (Å²) in [4.78, 5) is 87.6. The largest absolute Gasteiger partial charge is 0.352 e. The Bertz CT molecular complexity index is 2710. The average Bonchev–Trinajstić information content (AvgIpc) is 4.38. The highest BCUT2D eigenvalue weighted by atomic mass is 16.2. The number of nitrogens with one attached hydrogen (secondary N) is 4. The summed E-state index contributed by atoms with van der Waals surface area (Å²) in [5.41, 5.74) is 7.26. The molecule has 12 rings (SSSR count). The van der Waals surface area contributed by atoms with Gasteiger partial charge in [-0.1, -0.05) is 146 Å². The van der Waals surface area contributed by atoms with Crippen molar-refractivity contribution in [1.29, 1.82) is 0 Å². The Morgan fingerprint density at radius 1 is 0.311 bits per heavy atom. The van der Waals surface area contributed by atoms with Gasteiger partial charge in [0, 0.05) is 85.1 Å². The van der Waals surface area contributed by atoms with E-state index in [1.807, 2.05) is 97.1 Å². The van der Waals surface area contributed by atoms with Gasteiger partial charge >= 0.3 is 0 Å². The SMILES string of the molecule is O=C(N[C@H]1C[C@@H]1c1ccccc1)C1CN(C(=O)c2ccc(-c3ccc(C(=O)N4C[C@@H](C(=O)NC5C[C@@H]5c5ccccc5)[C@H](C(=O)N[C@H]5C[C@@H]5c5ccccc5)C4)cc3)cc2)C[C@H]1C(=O)N[C@H]1C[C@@H]1c1ccccc1. The van der Waals surface area contributed by atoms with Crippen LogP contribution in [0.15, 0.2) is 170 Å². The zero-order chi connectivity index (χ0) is 50.5. The Morgan fingerprint density at radius 2 is 0.541 bits per heavy atom. The molecule has 6 aliphatic rings. The predicted molar refractivity (Wildman–Crippen MR) is 281 cm³/mol. The fraction of sp³-hybridized carbons (Fsp3) is 0.323. The highest BCUT2D eigenvalue weighted by molar-refractivity contribution is 5.99. The van der Waals surface area contributed by atoms with Crippen molar-refractivity contribution in [2.75, 3.05) is 26.2 Å². The van der Waals surface area contributed by atoms with Crippen LogP contribution in [0.2, 0.25) is 0 Å². The van der Waals surface area contributed by atoms with Gasteiger partial charge in [-0.05, 0) is 83.3 Å². The lowest BCUT2D eigenvalue weighted by Gasteiger charge is -2.18. The van der Waals surface area contributed by atoms with Gasteiger partial charge in [0.25, 0.3) is 11.8 Å². The highest BCUT2D eigenvalue weighted by Crippen LogP contribution is 2.45. The molecule has 0 aromatic heterocycles. The van der Waals surface area contributed by atoms with Crippen LogP contribution in [0.5, 0.6) is 0 Å². The van der Waals surface area contributed by atoms with Crippen LogP contribution in [-0.2, 0) is 19.2 Å². The molecule has 74 heavy (non-hydrogen) atoms. The molecular formula is C62H60N6O6. The quantitative estimate of drug-likeness (QED) is 0.0840. The number of rotatable bonds is 15. The number of hydrogen-bond donors (Lipinski definition) is 4. The summed E-state index contributed by atoms with van der Waals surface area (Å²) in [5, 5.41) is 12.8. The first-order valence-corrected chi connectivity index (χ1v) is 26.3. The van der Waals surface area contributed by atoms with Gasteiger partial charge < -0.3 is 31.1 Å². The lowest BCUT2D eigenvalue weighted by Crippen LogP contribution is -2.43. The second-order valence-corrected chi connectivity index (χ2v) is 21.5. The van der Waals surface area contributed by atoms with Crippen LogP contribution >= 0.6 is 0 Å². The Kier molecular flexibility index (Phi) is 12.7. The third-order valence-corrected chi connectivity index (χ3v) is 16.5. The van der Waals surface area contributed by atoms with Crippen LogP contribution in [-0.4, -0.2) is 95.6 Å². The standard InChI is InChI=1S/C62H60N6O6/c69-57(63-53-29-45(53)39-13-5-1-6-14-39)49-33-67(34-50(49)58(70)64-54-30-46(54)40-15-7-2-8-16-40)61(73)43-25-21-37(22-26-43)38-23-27-44(28-24-38)62(74)68-35-51(59(71)65-55-31-47(55)41-17-9-3-10-18-41)52(36-68)60(72)66-56-32-48(56)42-19-11-4-12-20-42/h1-28,45-56H,29-36H2,(H,63,69)(H,64,70)(H,65,71)(H,66,72)/t45-,46-,47-,48-,49-,50-,51-,52?,53+,54?,55+,56+/m1/s1. The summed E-state index contributed by atoms with van der Waals surface area (Å²) < 4.78 is 0. The van der Waals surface area contributed by atoms with Gasteiger partial charge in [-0.25, -0.2) is 0 Å². The molecule has 0 spiro atoms. The van der Waals surface area contributed by atoms with E-state index in [0.717, 1.165) is 36.8 Å². The van der Waals surface area contributed by atoms with Crippen LogP contribution in [0.25, 0.3) is 11.1 Å². The minimum absolute atomic E-state index is 0.0119. The summed E-state index contributed by atoms with van der Waals surface area (Å²) in [6, 6.07) is 54.9. The molecule has 6 fully saturated rings. The molecule has 4 N–H and O–H groups in total. The topological polar surface area (TPSA) is 157 Å². The summed E-state index contributed by atoms with van der Waals surface area (Å²) in [6.45, 7) is 0.531. The maximum absolute atomic E-state index is 14.2. The summed E-state index contributed by atoms with van der Waals surface area (Å²) >= 11 is 0. The van der Waals surface area contributed by atoms with Gasteiger partial charge in [0.05, 0.1) is 23.7 Å². The van der Waals surface area contributed by atoms with Crippen molar-refractivity contribution in [3.05, 3.63) is 203 Å². The molecule has 0 bridgehead atoms. The van der Waals surface area contributed by atoms with E-state index in [0.29, 0.717) is 11.1 Å². The summed E-state index contributed by atoms with van der Waals surface area (Å²) in [7, 11) is 0. The van der Waals surface area contributed by atoms with Crippen molar-refractivity contribution in [2.24, 2.45) is 23.7 Å². The van der Waals surface area contributed by atoms with Gasteiger partial charge in [-0.3, -0.25) is 28.8 Å². The first-order valence-electron chi connectivity index (χ1n) is 26.3. The van der Waals surface area contributed by atoms with Crippen LogP contribution < -0.4 is 21.3 Å². The molecule has 12 nitrogen and oxygen atoms in total. The molecule has 2 heterocycles. The predicted octanol–water partition coefficient (Wildman–Crippen LogP) is 7.42. The first kappa shape index (κ1) is 47.2. The Balaban J connectivity index is 0.695. The molecule has 12 heteroatoms. The molecule has 374 valence electrons. The number of carbonyl (C=O) groups excluding carboxylic acids is 6. The van der Waals surface area contributed by atoms with Crippen LogP contribution in [0.1, 0.15) is 92.3 Å². The molecule has 6 amide bonds. The van der Waals surface area contributed by atoms with E-state index >= 15 is 0 Å². The van der Waals surface area contributed by atoms with E-state index in [1.165, 1.54) is 22.3 Å². The van der Waals surface area contributed by atoms with Gasteiger partial charge in [0.1, 0.15) is 0 Å². The Labute approximate surface area is 431 Å². The third-order valence-electron chi connectivity index (χ3n) is 16.5. The first-order chi connectivity index (χ1) is 36.1. The fourth-order valence-electron chi connectivity index (χ4n) is 11.8. The minimum Gasteiger partial charge on any atom is -0.352 e. The van der Waals surface area contributed by atoms with Gasteiger partial charge in [-0.15, -0.1) is 0 Å². The molecule has 4 saturated carbocycles. The van der Waals surface area contributed by atoms with Gasteiger partial charge in [0.2, 0.25) is 23.6 Å². The number of benzene rings is 6. The van der Waals surface area contributed by atoms with E-state index in [2.05, 4.69) is 69.8 Å². The maximum atomic E-state index is 14.2. The van der Waals surface area contributed by atoms with E-state index in [-0.39, 0.29) is 109 Å². The van der Waals surface area contributed by atoms with Crippen molar-refractivity contribution in [2.45, 2.75) is 73.5 Å². The second-order valence-electron chi connectivity index (χ2n) is 21.5. The molecule has 6 aromatic rings. The molecule has 4 aliphatic carbocycles. The van der Waals surface area contributed by atoms with Crippen molar-refractivity contribution in [1.82, 2.24) is 31.1 Å². The number of amides is 6. The summed E-state index contributed by atoms with van der Waals surface area (Å²) in [6.07, 6.45) is 3.34. The molecule has 0 radical (unpaired) electrons. The normalized spacial score (nSPS) is 28.1. The minimum atomic E-state index is -0.692. The zero-order valence-corrected chi connectivity index (χ0v) is 41.1. The lowest BCUT2D eigenvalue weighted by atomic mass is 9.94. The summed E-state index contributed by atoms with van der Waals surface area (Å²) in [5.74, 6) is -3.16. The van der Waals surface area contributed by atoms with E-state index in [1.54, 1.807) is 34.1 Å². The molecule has 2 saturated heterocycles. The second kappa shape index (κ2) is 19.9. The molecule has 6 aromatic carbocycles. The van der Waals surface area contributed by atoms with Gasteiger partial charge in [-0.2, -0.15) is 0 Å². The molecule has 2 aliphatic heterocycles. The van der Waals surface area contributed by atoms with E-state index in [4.69, 9.17) is 0 Å². The Hall–Kier alpha value is -7.86. The highest BCUT2D eigenvalue weighted by Gasteiger charge is 2.51. The average molecular weight is 985 g/mol. The van der Waals surface area contributed by atoms with E-state index in [9.17, 15) is 28.8 Å². The molecular weight excluding hydrogens is 925 g/mol. The molecule has 2 unspecified atom stereocenters. The monoisotopic (exact) mass is 984 g/mol. The zero-order valence-electron chi connectivity index (χ0n) is 41.1. The van der Waals surface area contributed by atoms with Crippen LogP contribution in [0, 0.1) is 23.7 Å². The maximum Gasteiger partial charge on any atom is 0.253 e. The van der Waals surface area contributed by atoms with Crippen molar-refractivity contribution >= 4 is 35.4 Å². The number of likely N-dealkylation sites (tertiary alicyclic amines) is 2. The van der Waals surface area contributed by atoms with Crippen LogP contribution in [0.3, 0.4) is 0 Å². The van der Waals surface area contributed by atoms with Crippen molar-refractivity contribution in [3.8, 4) is 11.1 Å².